The molecule has 1 atom stereocenters. The van der Waals surface area contributed by atoms with Crippen molar-refractivity contribution in [2.75, 3.05) is 0 Å². The lowest BCUT2D eigenvalue weighted by molar-refractivity contribution is -0.312. The van der Waals surface area contributed by atoms with Crippen LogP contribution >= 0.6 is 0 Å². The molecule has 0 aliphatic heterocycles. The predicted molar refractivity (Wildman–Crippen MR) is 88.8 cm³/mol. The van der Waals surface area contributed by atoms with Gasteiger partial charge < -0.3 is 23.8 Å². The van der Waals surface area contributed by atoms with Gasteiger partial charge in [0.1, 0.15) is 28.9 Å². The molecule has 0 spiro atoms. The minimum Gasteiger partial charge on any atom is -0.546 e. The normalized spacial score (nSPS) is 11.9. The molecule has 0 unspecified atom stereocenters. The summed E-state index contributed by atoms with van der Waals surface area (Å²) in [5.41, 5.74) is -0.0342. The average Bonchev–Trinajstić information content (AvgIpc) is 2.59. The van der Waals surface area contributed by atoms with Crippen LogP contribution < -0.4 is 20.0 Å². The highest BCUT2D eigenvalue weighted by Gasteiger charge is 2.15. The Bertz CT molecular complexity index is 974. The zero-order chi connectivity index (χ0) is 18.0. The molecule has 128 valence electrons. The van der Waals surface area contributed by atoms with Gasteiger partial charge in [0.05, 0.1) is 11.4 Å². The number of para-hydroxylation sites is 1. The number of rotatable bonds is 5. The van der Waals surface area contributed by atoms with E-state index < -0.39 is 12.1 Å². The fourth-order valence-corrected chi connectivity index (χ4v) is 2.32. The van der Waals surface area contributed by atoms with Crippen molar-refractivity contribution in [1.29, 1.82) is 0 Å². The lowest BCUT2D eigenvalue weighted by Gasteiger charge is -2.15. The van der Waals surface area contributed by atoms with Crippen molar-refractivity contribution in [2.24, 2.45) is 0 Å². The molecular formula is C19H15O6-. The maximum atomic E-state index is 12.7. The molecular weight excluding hydrogens is 324 g/mol. The number of benzene rings is 2. The van der Waals surface area contributed by atoms with Gasteiger partial charge in [0.15, 0.2) is 0 Å². The largest absolute Gasteiger partial charge is 0.546 e. The van der Waals surface area contributed by atoms with Crippen LogP contribution in [-0.4, -0.2) is 12.1 Å². The SMILES string of the molecule is Cc1oc2cc(O[C@H](C)C(=O)[O-])ccc2c(=O)c1Oc1ccccc1. The van der Waals surface area contributed by atoms with Gasteiger partial charge >= 0.3 is 0 Å². The molecule has 0 fully saturated rings. The van der Waals surface area contributed by atoms with Crippen molar-refractivity contribution in [3.05, 3.63) is 64.5 Å². The Labute approximate surface area is 143 Å². The van der Waals surface area contributed by atoms with Crippen LogP contribution in [-0.2, 0) is 4.79 Å². The summed E-state index contributed by atoms with van der Waals surface area (Å²) in [5, 5.41) is 11.1. The van der Waals surface area contributed by atoms with Gasteiger partial charge in [0.25, 0.3) is 0 Å². The molecule has 0 aliphatic rings. The minimum atomic E-state index is -1.33. The molecule has 6 nitrogen and oxygen atoms in total. The lowest BCUT2D eigenvalue weighted by Crippen LogP contribution is -2.37. The number of aliphatic carboxylic acids is 1. The maximum absolute atomic E-state index is 12.7. The third-order valence-electron chi connectivity index (χ3n) is 3.59. The Balaban J connectivity index is 2.00. The Kier molecular flexibility index (Phi) is 4.43. The first-order valence-electron chi connectivity index (χ1n) is 7.63. The molecule has 3 rings (SSSR count). The monoisotopic (exact) mass is 339 g/mol. The number of carboxylic acids is 1. The first kappa shape index (κ1) is 16.6. The van der Waals surface area contributed by atoms with Gasteiger partial charge in [0, 0.05) is 6.07 Å². The quantitative estimate of drug-likeness (QED) is 0.709. The lowest BCUT2D eigenvalue weighted by atomic mass is 10.2. The molecule has 6 heteroatoms. The highest BCUT2D eigenvalue weighted by Crippen LogP contribution is 2.27. The van der Waals surface area contributed by atoms with E-state index in [4.69, 9.17) is 13.9 Å². The summed E-state index contributed by atoms with van der Waals surface area (Å²) in [7, 11) is 0. The Hall–Kier alpha value is -3.28. The highest BCUT2D eigenvalue weighted by atomic mass is 16.5. The number of carbonyl (C=O) groups is 1. The van der Waals surface area contributed by atoms with Gasteiger partial charge in [-0.3, -0.25) is 4.79 Å². The summed E-state index contributed by atoms with van der Waals surface area (Å²) in [4.78, 5) is 23.4. The second kappa shape index (κ2) is 6.68. The Morgan fingerprint density at radius 1 is 1.12 bits per heavy atom. The second-order valence-electron chi connectivity index (χ2n) is 5.47. The highest BCUT2D eigenvalue weighted by molar-refractivity contribution is 5.80. The van der Waals surface area contributed by atoms with Crippen molar-refractivity contribution >= 4 is 16.9 Å². The molecule has 0 amide bonds. The van der Waals surface area contributed by atoms with Crippen LogP contribution in [0, 0.1) is 6.92 Å². The van der Waals surface area contributed by atoms with E-state index in [0.29, 0.717) is 16.9 Å². The molecule has 25 heavy (non-hydrogen) atoms. The topological polar surface area (TPSA) is 88.8 Å². The Morgan fingerprint density at radius 3 is 2.52 bits per heavy atom. The zero-order valence-corrected chi connectivity index (χ0v) is 13.6. The zero-order valence-electron chi connectivity index (χ0n) is 13.6. The number of fused-ring (bicyclic) bond motifs is 1. The van der Waals surface area contributed by atoms with Crippen molar-refractivity contribution < 1.29 is 23.8 Å². The van der Waals surface area contributed by atoms with Gasteiger partial charge in [-0.05, 0) is 38.1 Å². The van der Waals surface area contributed by atoms with Crippen LogP contribution in [0.25, 0.3) is 11.0 Å². The molecule has 0 N–H and O–H groups in total. The van der Waals surface area contributed by atoms with Gasteiger partial charge in [-0.25, -0.2) is 0 Å². The molecule has 0 saturated carbocycles. The number of ether oxygens (including phenoxy) is 2. The van der Waals surface area contributed by atoms with Crippen molar-refractivity contribution in [2.45, 2.75) is 20.0 Å². The summed E-state index contributed by atoms with van der Waals surface area (Å²) >= 11 is 0. The summed E-state index contributed by atoms with van der Waals surface area (Å²) < 4.78 is 16.5. The molecule has 0 saturated heterocycles. The number of aryl methyl sites for hydroxylation is 1. The van der Waals surface area contributed by atoms with Crippen molar-refractivity contribution in [3.8, 4) is 17.2 Å². The molecule has 3 aromatic rings. The van der Waals surface area contributed by atoms with E-state index in [0.717, 1.165) is 0 Å². The molecule has 0 aliphatic carbocycles. The fourth-order valence-electron chi connectivity index (χ4n) is 2.32. The predicted octanol–water partition coefficient (Wildman–Crippen LogP) is 2.41. The second-order valence-corrected chi connectivity index (χ2v) is 5.47. The molecule has 1 heterocycles. The minimum absolute atomic E-state index is 0.107. The van der Waals surface area contributed by atoms with Gasteiger partial charge in [-0.1, -0.05) is 18.2 Å². The first-order valence-corrected chi connectivity index (χ1v) is 7.63. The van der Waals surface area contributed by atoms with E-state index in [1.807, 2.05) is 6.07 Å². The van der Waals surface area contributed by atoms with Gasteiger partial charge in [-0.2, -0.15) is 0 Å². The van der Waals surface area contributed by atoms with Gasteiger partial charge in [0.2, 0.25) is 11.2 Å². The van der Waals surface area contributed by atoms with Crippen molar-refractivity contribution in [1.82, 2.24) is 0 Å². The van der Waals surface area contributed by atoms with Gasteiger partial charge in [-0.15, -0.1) is 0 Å². The average molecular weight is 339 g/mol. The number of carbonyl (C=O) groups excluding carboxylic acids is 1. The number of carboxylic acid groups (broad SMARTS) is 1. The van der Waals surface area contributed by atoms with E-state index in [2.05, 4.69) is 0 Å². The molecule has 1 aromatic heterocycles. The van der Waals surface area contributed by atoms with Crippen molar-refractivity contribution in [3.63, 3.8) is 0 Å². The van der Waals surface area contributed by atoms with E-state index >= 15 is 0 Å². The van der Waals surface area contributed by atoms with Crippen LogP contribution in [0.2, 0.25) is 0 Å². The summed E-state index contributed by atoms with van der Waals surface area (Å²) in [6.45, 7) is 2.98. The van der Waals surface area contributed by atoms with E-state index in [1.165, 1.54) is 25.1 Å². The number of hydrogen-bond acceptors (Lipinski definition) is 6. The van der Waals surface area contributed by atoms with Crippen LogP contribution in [0.1, 0.15) is 12.7 Å². The Morgan fingerprint density at radius 2 is 1.84 bits per heavy atom. The van der Waals surface area contributed by atoms with Crippen LogP contribution in [0.5, 0.6) is 17.2 Å². The fraction of sp³-hybridized carbons (Fsp3) is 0.158. The van der Waals surface area contributed by atoms with E-state index in [1.54, 1.807) is 31.2 Å². The summed E-state index contributed by atoms with van der Waals surface area (Å²) in [6.07, 6.45) is -1.12. The molecule has 2 aromatic carbocycles. The third-order valence-corrected chi connectivity index (χ3v) is 3.59. The molecule has 0 radical (unpaired) electrons. The third kappa shape index (κ3) is 3.47. The molecule has 0 bridgehead atoms. The summed E-state index contributed by atoms with van der Waals surface area (Å²) in [6, 6.07) is 13.4. The maximum Gasteiger partial charge on any atom is 0.235 e. The van der Waals surface area contributed by atoms with Crippen LogP contribution in [0.4, 0.5) is 0 Å². The van der Waals surface area contributed by atoms with E-state index in [-0.39, 0.29) is 22.5 Å². The van der Waals surface area contributed by atoms with E-state index in [9.17, 15) is 14.7 Å². The first-order chi connectivity index (χ1) is 12.0. The summed E-state index contributed by atoms with van der Waals surface area (Å²) in [5.74, 6) is -0.116. The van der Waals surface area contributed by atoms with Crippen LogP contribution in [0.3, 0.4) is 0 Å². The smallest absolute Gasteiger partial charge is 0.235 e. The number of hydrogen-bond donors (Lipinski definition) is 0. The standard InChI is InChI=1S/C19H16O6/c1-11-18(25-13-6-4-3-5-7-13)17(20)15-9-8-14(10-16(15)24-11)23-12(2)19(21)22/h3-10,12H,1-2H3,(H,21,22)/p-1/t12-/m1/s1. The van der Waals surface area contributed by atoms with Crippen LogP contribution in [0.15, 0.2) is 57.7 Å².